The molecule has 18 heteroatoms. The molecule has 290 valence electrons. The highest BCUT2D eigenvalue weighted by Crippen LogP contribution is 2.30. The average molecular weight is 776 g/mol. The third-order valence-electron chi connectivity index (χ3n) is 7.34. The molecule has 0 aliphatic heterocycles. The van der Waals surface area contributed by atoms with Crippen molar-refractivity contribution in [3.63, 3.8) is 0 Å². The quantitative estimate of drug-likeness (QED) is 0.110. The summed E-state index contributed by atoms with van der Waals surface area (Å²) in [6.45, 7) is 10.5. The molecule has 0 bridgehead atoms. The van der Waals surface area contributed by atoms with Gasteiger partial charge < -0.3 is 30.7 Å². The molecule has 0 fully saturated rings. The molecule has 2 aromatic carbocycles. The van der Waals surface area contributed by atoms with Gasteiger partial charge in [0.2, 0.25) is 15.9 Å². The van der Waals surface area contributed by atoms with E-state index in [2.05, 4.69) is 20.3 Å². The zero-order chi connectivity index (χ0) is 39.8. The summed E-state index contributed by atoms with van der Waals surface area (Å²) in [5.74, 6) is -0.891. The number of ether oxygens (including phenoxy) is 2. The van der Waals surface area contributed by atoms with E-state index in [1.54, 1.807) is 65.8 Å². The monoisotopic (exact) mass is 775 g/mol. The Morgan fingerprint density at radius 2 is 1.43 bits per heavy atom. The fourth-order valence-electron chi connectivity index (χ4n) is 4.95. The standard InChI is InChI=1S/C35H49N7O9S2/c1-34(2,3)50-32(44)23-20-25(22-38-21-23)42(7)19-16-31(43)39-17-15-28-27(14-18-40-33(45)51-35(4,5)6)29(12-13-30(28)52(37,46)47)41-53(48,49)26-10-8-24(36)9-11-26/h8-13,20-22,41H,14-19,36H2,1-7H3,(H,39,43)(H,40,45)(H2,37,46,47). The van der Waals surface area contributed by atoms with Gasteiger partial charge in [-0.1, -0.05) is 0 Å². The van der Waals surface area contributed by atoms with Gasteiger partial charge in [0.05, 0.1) is 32.9 Å². The summed E-state index contributed by atoms with van der Waals surface area (Å²) < 4.78 is 65.4. The Kier molecular flexibility index (Phi) is 13.8. The van der Waals surface area contributed by atoms with E-state index in [-0.39, 0.29) is 77.0 Å². The number of nitrogens with two attached hydrogens (primary N) is 2. The first-order chi connectivity index (χ1) is 24.4. The Balaban J connectivity index is 1.82. The van der Waals surface area contributed by atoms with Gasteiger partial charge in [0, 0.05) is 45.0 Å². The van der Waals surface area contributed by atoms with Crippen LogP contribution in [0.25, 0.3) is 0 Å². The number of anilines is 3. The molecule has 1 aromatic heterocycles. The molecule has 53 heavy (non-hydrogen) atoms. The number of hydrogen-bond acceptors (Lipinski definition) is 12. The summed E-state index contributed by atoms with van der Waals surface area (Å²) >= 11 is 0. The number of hydrogen-bond donors (Lipinski definition) is 5. The number of benzene rings is 2. The summed E-state index contributed by atoms with van der Waals surface area (Å²) in [4.78, 5) is 43.3. The number of rotatable bonds is 15. The number of primary sulfonamides is 1. The van der Waals surface area contributed by atoms with E-state index < -0.39 is 43.3 Å². The van der Waals surface area contributed by atoms with Gasteiger partial charge in [0.1, 0.15) is 11.2 Å². The van der Waals surface area contributed by atoms with Gasteiger partial charge in [0.15, 0.2) is 0 Å². The van der Waals surface area contributed by atoms with Crippen LogP contribution >= 0.6 is 0 Å². The Morgan fingerprint density at radius 1 is 0.830 bits per heavy atom. The van der Waals surface area contributed by atoms with Crippen molar-refractivity contribution >= 4 is 55.1 Å². The molecule has 16 nitrogen and oxygen atoms in total. The van der Waals surface area contributed by atoms with Gasteiger partial charge in [-0.2, -0.15) is 0 Å². The fourth-order valence-corrected chi connectivity index (χ4v) is 6.87. The van der Waals surface area contributed by atoms with Gasteiger partial charge in [-0.15, -0.1) is 0 Å². The van der Waals surface area contributed by atoms with E-state index in [1.165, 1.54) is 42.6 Å². The average Bonchev–Trinajstić information content (AvgIpc) is 3.02. The van der Waals surface area contributed by atoms with Crippen LogP contribution in [0.5, 0.6) is 0 Å². The Morgan fingerprint density at radius 3 is 2.04 bits per heavy atom. The van der Waals surface area contributed by atoms with E-state index in [1.807, 2.05) is 0 Å². The van der Waals surface area contributed by atoms with Crippen LogP contribution in [-0.4, -0.2) is 77.7 Å². The number of amides is 2. The molecule has 3 rings (SSSR count). The molecule has 7 N–H and O–H groups in total. The minimum absolute atomic E-state index is 0.0311. The maximum atomic E-state index is 13.4. The number of nitrogen functional groups attached to an aromatic ring is 1. The van der Waals surface area contributed by atoms with E-state index in [9.17, 15) is 31.2 Å². The number of nitrogens with zero attached hydrogens (tertiary/aromatic N) is 2. The van der Waals surface area contributed by atoms with Gasteiger partial charge >= 0.3 is 12.1 Å². The van der Waals surface area contributed by atoms with E-state index in [4.69, 9.17) is 20.3 Å². The lowest BCUT2D eigenvalue weighted by Crippen LogP contribution is -2.34. The van der Waals surface area contributed by atoms with E-state index in [0.29, 0.717) is 11.4 Å². The second kappa shape index (κ2) is 17.3. The Hall–Kier alpha value is -4.94. The predicted molar refractivity (Wildman–Crippen MR) is 201 cm³/mol. The molecule has 0 saturated heterocycles. The first-order valence-corrected chi connectivity index (χ1v) is 19.7. The SMILES string of the molecule is CN(CCC(=O)NCCc1c(S(N)(=O)=O)ccc(NS(=O)(=O)c2ccc(N)cc2)c1CCNC(=O)OC(C)(C)C)c1cncc(C(=O)OC(C)(C)C)c1. The first kappa shape index (κ1) is 42.5. The van der Waals surface area contributed by atoms with Crippen LogP contribution in [-0.2, 0) is 47.2 Å². The zero-order valence-electron chi connectivity index (χ0n) is 31.0. The third-order valence-corrected chi connectivity index (χ3v) is 9.72. The molecular formula is C35H49N7O9S2. The molecule has 0 aliphatic rings. The first-order valence-electron chi connectivity index (χ1n) is 16.6. The molecule has 2 amide bonds. The zero-order valence-corrected chi connectivity index (χ0v) is 32.6. The number of alkyl carbamates (subject to hydrolysis) is 1. The van der Waals surface area contributed by atoms with Crippen LogP contribution in [0.3, 0.4) is 0 Å². The number of carbonyl (C=O) groups is 3. The minimum atomic E-state index is -4.32. The molecule has 0 saturated carbocycles. The lowest BCUT2D eigenvalue weighted by atomic mass is 9.99. The van der Waals surface area contributed by atoms with Crippen LogP contribution < -0.4 is 31.1 Å². The normalized spacial score (nSPS) is 12.1. The van der Waals surface area contributed by atoms with Crippen molar-refractivity contribution in [2.24, 2.45) is 5.14 Å². The van der Waals surface area contributed by atoms with Crippen LogP contribution in [0.4, 0.5) is 21.9 Å². The fraction of sp³-hybridized carbons (Fsp3) is 0.429. The highest BCUT2D eigenvalue weighted by atomic mass is 32.2. The lowest BCUT2D eigenvalue weighted by molar-refractivity contribution is -0.120. The van der Waals surface area contributed by atoms with Crippen molar-refractivity contribution in [1.29, 1.82) is 0 Å². The summed E-state index contributed by atoms with van der Waals surface area (Å²) in [6, 6.07) is 9.57. The predicted octanol–water partition coefficient (Wildman–Crippen LogP) is 3.32. The molecule has 1 heterocycles. The second-order valence-electron chi connectivity index (χ2n) is 14.2. The summed E-state index contributed by atoms with van der Waals surface area (Å²) in [6.07, 6.45) is 2.15. The highest BCUT2D eigenvalue weighted by molar-refractivity contribution is 7.92. The maximum Gasteiger partial charge on any atom is 0.407 e. The highest BCUT2D eigenvalue weighted by Gasteiger charge is 2.24. The summed E-state index contributed by atoms with van der Waals surface area (Å²) in [5, 5.41) is 11.0. The molecular weight excluding hydrogens is 727 g/mol. The van der Waals surface area contributed by atoms with Gasteiger partial charge in [-0.25, -0.2) is 31.6 Å². The minimum Gasteiger partial charge on any atom is -0.456 e. The Bertz CT molecular complexity index is 2010. The number of sulfonamides is 2. The Labute approximate surface area is 311 Å². The lowest BCUT2D eigenvalue weighted by Gasteiger charge is -2.22. The molecule has 0 spiro atoms. The summed E-state index contributed by atoms with van der Waals surface area (Å²) in [7, 11) is -6.76. The molecule has 3 aromatic rings. The second-order valence-corrected chi connectivity index (χ2v) is 17.4. The topological polar surface area (TPSA) is 242 Å². The van der Waals surface area contributed by atoms with Crippen LogP contribution in [0, 0.1) is 0 Å². The van der Waals surface area contributed by atoms with Crippen molar-refractivity contribution in [2.75, 3.05) is 42.0 Å². The molecule has 0 radical (unpaired) electrons. The van der Waals surface area contributed by atoms with Crippen molar-refractivity contribution in [3.8, 4) is 0 Å². The molecule has 0 atom stereocenters. The third kappa shape index (κ3) is 13.5. The maximum absolute atomic E-state index is 13.4. The van der Waals surface area contributed by atoms with Crippen molar-refractivity contribution in [1.82, 2.24) is 15.6 Å². The van der Waals surface area contributed by atoms with Crippen molar-refractivity contribution in [3.05, 3.63) is 71.5 Å². The van der Waals surface area contributed by atoms with Crippen LogP contribution in [0.2, 0.25) is 0 Å². The number of aromatic nitrogens is 1. The molecule has 0 aliphatic carbocycles. The summed E-state index contributed by atoms with van der Waals surface area (Å²) in [5.41, 5.74) is 5.89. The number of nitrogens with one attached hydrogen (secondary N) is 3. The number of carbonyl (C=O) groups excluding carboxylic acids is 3. The largest absolute Gasteiger partial charge is 0.456 e. The van der Waals surface area contributed by atoms with Gasteiger partial charge in [0.25, 0.3) is 10.0 Å². The van der Waals surface area contributed by atoms with Gasteiger partial charge in [-0.05, 0) is 108 Å². The van der Waals surface area contributed by atoms with Crippen LogP contribution in [0.15, 0.2) is 64.6 Å². The van der Waals surface area contributed by atoms with Gasteiger partial charge in [-0.3, -0.25) is 14.5 Å². The van der Waals surface area contributed by atoms with Crippen LogP contribution in [0.1, 0.15) is 69.4 Å². The van der Waals surface area contributed by atoms with Crippen molar-refractivity contribution in [2.45, 2.75) is 81.8 Å². The van der Waals surface area contributed by atoms with Crippen molar-refractivity contribution < 1.29 is 40.7 Å². The number of esters is 1. The molecule has 0 unspecified atom stereocenters. The van der Waals surface area contributed by atoms with E-state index >= 15 is 0 Å². The smallest absolute Gasteiger partial charge is 0.407 e. The number of pyridine rings is 1. The van der Waals surface area contributed by atoms with E-state index in [0.717, 1.165) is 0 Å².